The molecule has 2 aromatic heterocycles. The lowest BCUT2D eigenvalue weighted by atomic mass is 10.1. The highest BCUT2D eigenvalue weighted by Gasteiger charge is 2.24. The van der Waals surface area contributed by atoms with Crippen LogP contribution in [0.5, 0.6) is 0 Å². The van der Waals surface area contributed by atoms with E-state index in [2.05, 4.69) is 30.4 Å². The van der Waals surface area contributed by atoms with E-state index in [0.717, 1.165) is 37.6 Å². The number of amides is 1. The van der Waals surface area contributed by atoms with Gasteiger partial charge in [0.25, 0.3) is 5.91 Å². The molecule has 1 aliphatic rings. The fourth-order valence-electron chi connectivity index (χ4n) is 2.57. The first-order valence-electron chi connectivity index (χ1n) is 7.07. The minimum Gasteiger partial charge on any atom is -0.347 e. The summed E-state index contributed by atoms with van der Waals surface area (Å²) < 4.78 is 0. The van der Waals surface area contributed by atoms with Crippen molar-refractivity contribution in [2.75, 3.05) is 18.0 Å². The van der Waals surface area contributed by atoms with E-state index in [1.165, 1.54) is 0 Å². The van der Waals surface area contributed by atoms with Crippen LogP contribution in [-0.2, 0) is 0 Å². The average molecular weight is 286 g/mol. The van der Waals surface area contributed by atoms with E-state index in [1.807, 2.05) is 6.92 Å². The van der Waals surface area contributed by atoms with Crippen molar-refractivity contribution >= 4 is 11.9 Å². The number of rotatable bonds is 3. The van der Waals surface area contributed by atoms with Gasteiger partial charge in [0.2, 0.25) is 5.95 Å². The second kappa shape index (κ2) is 5.90. The normalized spacial score (nSPS) is 18.5. The van der Waals surface area contributed by atoms with E-state index >= 15 is 0 Å². The summed E-state index contributed by atoms with van der Waals surface area (Å²) in [5.74, 6) is 0.637. The third-order valence-electron chi connectivity index (χ3n) is 3.67. The summed E-state index contributed by atoms with van der Waals surface area (Å²) in [6, 6.07) is 1.90. The Morgan fingerprint density at radius 3 is 2.95 bits per heavy atom. The lowest BCUT2D eigenvalue weighted by Gasteiger charge is -2.33. The van der Waals surface area contributed by atoms with Gasteiger partial charge < -0.3 is 10.2 Å². The van der Waals surface area contributed by atoms with Crippen molar-refractivity contribution in [3.63, 3.8) is 0 Å². The van der Waals surface area contributed by atoms with Gasteiger partial charge in [0.1, 0.15) is 0 Å². The van der Waals surface area contributed by atoms with Gasteiger partial charge in [-0.1, -0.05) is 0 Å². The Hall–Kier alpha value is -2.44. The van der Waals surface area contributed by atoms with E-state index in [0.29, 0.717) is 5.56 Å². The molecule has 1 saturated heterocycles. The van der Waals surface area contributed by atoms with Gasteiger partial charge in [0.05, 0.1) is 11.8 Å². The lowest BCUT2D eigenvalue weighted by Crippen LogP contribution is -2.48. The molecule has 21 heavy (non-hydrogen) atoms. The van der Waals surface area contributed by atoms with Gasteiger partial charge in [-0.2, -0.15) is 5.10 Å². The summed E-state index contributed by atoms with van der Waals surface area (Å²) >= 11 is 0. The van der Waals surface area contributed by atoms with E-state index in [9.17, 15) is 4.79 Å². The summed E-state index contributed by atoms with van der Waals surface area (Å²) in [5.41, 5.74) is 1.38. The van der Waals surface area contributed by atoms with Crippen LogP contribution in [0.15, 0.2) is 24.7 Å². The van der Waals surface area contributed by atoms with Crippen LogP contribution in [0.2, 0.25) is 0 Å². The third kappa shape index (κ3) is 3.01. The zero-order valence-electron chi connectivity index (χ0n) is 11.9. The molecule has 0 aliphatic carbocycles. The molecule has 1 unspecified atom stereocenters. The summed E-state index contributed by atoms with van der Waals surface area (Å²) in [6.45, 7) is 3.49. The van der Waals surface area contributed by atoms with E-state index in [4.69, 9.17) is 0 Å². The van der Waals surface area contributed by atoms with Crippen LogP contribution in [0.3, 0.4) is 0 Å². The number of anilines is 1. The molecule has 0 bridgehead atoms. The zero-order chi connectivity index (χ0) is 14.7. The molecule has 110 valence electrons. The molecule has 0 aromatic carbocycles. The minimum atomic E-state index is -0.0814. The van der Waals surface area contributed by atoms with Gasteiger partial charge in [-0.05, 0) is 25.8 Å². The highest BCUT2D eigenvalue weighted by Crippen LogP contribution is 2.15. The monoisotopic (exact) mass is 286 g/mol. The molecular weight excluding hydrogens is 268 g/mol. The fourth-order valence-corrected chi connectivity index (χ4v) is 2.57. The number of aryl methyl sites for hydroxylation is 1. The van der Waals surface area contributed by atoms with E-state index in [1.54, 1.807) is 24.7 Å². The summed E-state index contributed by atoms with van der Waals surface area (Å²) in [4.78, 5) is 22.9. The molecule has 0 spiro atoms. The predicted octanol–water partition coefficient (Wildman–Crippen LogP) is 0.907. The number of aromatic nitrogens is 4. The highest BCUT2D eigenvalue weighted by molar-refractivity contribution is 5.95. The first kappa shape index (κ1) is 13.5. The first-order chi connectivity index (χ1) is 10.2. The molecule has 1 atom stereocenters. The van der Waals surface area contributed by atoms with Crippen LogP contribution >= 0.6 is 0 Å². The molecule has 7 nitrogen and oxygen atoms in total. The molecule has 1 aliphatic heterocycles. The van der Waals surface area contributed by atoms with Crippen molar-refractivity contribution in [3.8, 4) is 0 Å². The molecule has 1 amide bonds. The van der Waals surface area contributed by atoms with Crippen molar-refractivity contribution in [2.24, 2.45) is 0 Å². The molecule has 3 rings (SSSR count). The quantitative estimate of drug-likeness (QED) is 0.875. The number of hydrogen-bond acceptors (Lipinski definition) is 5. The molecule has 1 fully saturated rings. The summed E-state index contributed by atoms with van der Waals surface area (Å²) in [5, 5.41) is 9.73. The highest BCUT2D eigenvalue weighted by atomic mass is 16.1. The van der Waals surface area contributed by atoms with Gasteiger partial charge in [-0.25, -0.2) is 9.97 Å². The van der Waals surface area contributed by atoms with Crippen LogP contribution in [0.4, 0.5) is 5.95 Å². The number of carbonyl (C=O) groups excluding carboxylic acids is 1. The SMILES string of the molecule is Cc1[nH]ncc1C(=O)NC1CCCN(c2ncccn2)C1. The molecule has 7 heteroatoms. The Morgan fingerprint density at radius 2 is 2.24 bits per heavy atom. The van der Waals surface area contributed by atoms with Crippen molar-refractivity contribution in [1.29, 1.82) is 0 Å². The molecule has 2 N–H and O–H groups in total. The molecular formula is C14H18N6O. The average Bonchev–Trinajstić information content (AvgIpc) is 2.95. The number of hydrogen-bond donors (Lipinski definition) is 2. The first-order valence-corrected chi connectivity index (χ1v) is 7.07. The van der Waals surface area contributed by atoms with Gasteiger partial charge in [-0.15, -0.1) is 0 Å². The van der Waals surface area contributed by atoms with Crippen molar-refractivity contribution in [2.45, 2.75) is 25.8 Å². The minimum absolute atomic E-state index is 0.0814. The van der Waals surface area contributed by atoms with Crippen LogP contribution in [0.1, 0.15) is 28.9 Å². The Labute approximate surface area is 122 Å². The van der Waals surface area contributed by atoms with E-state index in [-0.39, 0.29) is 11.9 Å². The molecule has 0 radical (unpaired) electrons. The van der Waals surface area contributed by atoms with Gasteiger partial charge >= 0.3 is 0 Å². The predicted molar refractivity (Wildman–Crippen MR) is 78.1 cm³/mol. The maximum absolute atomic E-state index is 12.2. The number of nitrogens with zero attached hydrogens (tertiary/aromatic N) is 4. The van der Waals surface area contributed by atoms with Crippen molar-refractivity contribution < 1.29 is 4.79 Å². The second-order valence-corrected chi connectivity index (χ2v) is 5.22. The Morgan fingerprint density at radius 1 is 1.43 bits per heavy atom. The van der Waals surface area contributed by atoms with Crippen molar-refractivity contribution in [3.05, 3.63) is 35.9 Å². The molecule has 3 heterocycles. The summed E-state index contributed by atoms with van der Waals surface area (Å²) in [6.07, 6.45) is 7.00. The molecule has 2 aromatic rings. The van der Waals surface area contributed by atoms with Gasteiger partial charge in [0, 0.05) is 37.2 Å². The standard InChI is InChI=1S/C14H18N6O/c1-10-12(8-17-19-10)13(21)18-11-4-2-7-20(9-11)14-15-5-3-6-16-14/h3,5-6,8,11H,2,4,7,9H2,1H3,(H,17,19)(H,18,21). The number of nitrogens with one attached hydrogen (secondary N) is 2. The van der Waals surface area contributed by atoms with Crippen LogP contribution in [0.25, 0.3) is 0 Å². The van der Waals surface area contributed by atoms with E-state index < -0.39 is 0 Å². The fraction of sp³-hybridized carbons (Fsp3) is 0.429. The number of aromatic amines is 1. The van der Waals surface area contributed by atoms with Crippen LogP contribution in [0, 0.1) is 6.92 Å². The van der Waals surface area contributed by atoms with Crippen LogP contribution in [-0.4, -0.2) is 45.2 Å². The topological polar surface area (TPSA) is 86.8 Å². The molecule has 0 saturated carbocycles. The largest absolute Gasteiger partial charge is 0.347 e. The Kier molecular flexibility index (Phi) is 3.81. The zero-order valence-corrected chi connectivity index (χ0v) is 11.9. The lowest BCUT2D eigenvalue weighted by molar-refractivity contribution is 0.0932. The number of piperidine rings is 1. The van der Waals surface area contributed by atoms with Gasteiger partial charge in [0.15, 0.2) is 0 Å². The smallest absolute Gasteiger partial charge is 0.255 e. The number of carbonyl (C=O) groups is 1. The number of H-pyrrole nitrogens is 1. The maximum Gasteiger partial charge on any atom is 0.255 e. The third-order valence-corrected chi connectivity index (χ3v) is 3.67. The Bertz CT molecular complexity index is 611. The van der Waals surface area contributed by atoms with Crippen LogP contribution < -0.4 is 10.2 Å². The maximum atomic E-state index is 12.2. The summed E-state index contributed by atoms with van der Waals surface area (Å²) in [7, 11) is 0. The van der Waals surface area contributed by atoms with Crippen molar-refractivity contribution in [1.82, 2.24) is 25.5 Å². The Balaban J connectivity index is 1.64. The van der Waals surface area contributed by atoms with Gasteiger partial charge in [-0.3, -0.25) is 9.89 Å². The second-order valence-electron chi connectivity index (χ2n) is 5.22.